The van der Waals surface area contributed by atoms with Crippen molar-refractivity contribution in [1.29, 1.82) is 0 Å². The first-order valence-electron chi connectivity index (χ1n) is 4.41. The molecule has 0 fully saturated rings. The summed E-state index contributed by atoms with van der Waals surface area (Å²) >= 11 is 0. The molecule has 0 saturated carbocycles. The Kier molecular flexibility index (Phi) is 11.3. The van der Waals surface area contributed by atoms with Gasteiger partial charge in [-0.25, -0.2) is 13.0 Å². The highest BCUT2D eigenvalue weighted by Crippen LogP contribution is 1.74. The summed E-state index contributed by atoms with van der Waals surface area (Å²) in [5.74, 6) is 0. The van der Waals surface area contributed by atoms with Crippen molar-refractivity contribution in [3.63, 3.8) is 0 Å². The highest BCUT2D eigenvalue weighted by Gasteiger charge is 1.89. The molecule has 0 atom stereocenters. The van der Waals surface area contributed by atoms with Gasteiger partial charge in [0, 0.05) is 13.5 Å². The molecule has 92 valence electrons. The van der Waals surface area contributed by atoms with Crippen LogP contribution < -0.4 is 0 Å². The summed E-state index contributed by atoms with van der Waals surface area (Å²) in [7, 11) is 0.159. The molecule has 0 aliphatic heterocycles. The lowest BCUT2D eigenvalue weighted by Gasteiger charge is -1.98. The fraction of sp³-hybridized carbons (Fsp3) is 0.875. The van der Waals surface area contributed by atoms with E-state index >= 15 is 0 Å². The third kappa shape index (κ3) is 19.8. The minimum absolute atomic E-state index is 0.719. The molecule has 0 heterocycles. The van der Waals surface area contributed by atoms with E-state index in [1.54, 1.807) is 7.11 Å². The first-order valence-corrected chi connectivity index (χ1v) is 5.74. The molecule has 0 bridgehead atoms. The van der Waals surface area contributed by atoms with E-state index in [-0.39, 0.29) is 0 Å². The number of methoxy groups -OCH3 is 1. The summed E-state index contributed by atoms with van der Waals surface area (Å²) in [6.45, 7) is 4.00. The van der Waals surface area contributed by atoms with E-state index < -0.39 is 10.4 Å². The molecule has 0 spiro atoms. The standard InChI is InChI=1S/C7H16NO.CH4O4S/c1-4-5-8(2)6-7-9-3;1-5-6(2,3)4/h6H,4-5,7H2,1-3H3;1H3,(H,2,3,4)/q+1;/p-1. The predicted molar refractivity (Wildman–Crippen MR) is 56.0 cm³/mol. The van der Waals surface area contributed by atoms with Crippen molar-refractivity contribution >= 4 is 16.6 Å². The van der Waals surface area contributed by atoms with E-state index in [0.29, 0.717) is 0 Å². The Morgan fingerprint density at radius 2 is 1.87 bits per heavy atom. The van der Waals surface area contributed by atoms with E-state index in [0.717, 1.165) is 20.3 Å². The summed E-state index contributed by atoms with van der Waals surface area (Å²) in [6.07, 6.45) is 3.24. The van der Waals surface area contributed by atoms with Crippen LogP contribution in [0.3, 0.4) is 0 Å². The van der Waals surface area contributed by atoms with Crippen molar-refractivity contribution in [3.05, 3.63) is 0 Å². The van der Waals surface area contributed by atoms with Crippen LogP contribution in [-0.4, -0.2) is 58.2 Å². The van der Waals surface area contributed by atoms with Crippen LogP contribution in [0.15, 0.2) is 0 Å². The second kappa shape index (κ2) is 10.0. The third-order valence-corrected chi connectivity index (χ3v) is 1.74. The Morgan fingerprint density at radius 3 is 2.13 bits per heavy atom. The molecule has 0 amide bonds. The lowest BCUT2D eigenvalue weighted by molar-refractivity contribution is -0.494. The molecule has 0 rings (SSSR count). The van der Waals surface area contributed by atoms with Crippen LogP contribution >= 0.6 is 0 Å². The Bertz CT molecular complexity index is 260. The fourth-order valence-corrected chi connectivity index (χ4v) is 0.646. The molecule has 0 unspecified atom stereocenters. The van der Waals surface area contributed by atoms with Crippen molar-refractivity contribution in [3.8, 4) is 0 Å². The molecule has 0 aliphatic rings. The SMILES string of the molecule is CCC[N+](C)=CCOC.COS(=O)(=O)[O-]. The van der Waals surface area contributed by atoms with Gasteiger partial charge in [0.2, 0.25) is 10.4 Å². The molecule has 0 saturated heterocycles. The highest BCUT2D eigenvalue weighted by atomic mass is 32.3. The first-order chi connectivity index (χ1) is 6.87. The second-order valence-corrected chi connectivity index (χ2v) is 3.84. The van der Waals surface area contributed by atoms with Gasteiger partial charge in [-0.1, -0.05) is 6.92 Å². The summed E-state index contributed by atoms with van der Waals surface area (Å²) in [6, 6.07) is 0. The summed E-state index contributed by atoms with van der Waals surface area (Å²) < 4.78 is 38.0. The molecule has 0 aromatic rings. The van der Waals surface area contributed by atoms with Gasteiger partial charge >= 0.3 is 0 Å². The molecule has 0 N–H and O–H groups in total. The average molecular weight is 241 g/mol. The van der Waals surface area contributed by atoms with Crippen LogP contribution in [0.2, 0.25) is 0 Å². The maximum atomic E-state index is 9.22. The van der Waals surface area contributed by atoms with Crippen molar-refractivity contribution < 1.29 is 26.5 Å². The van der Waals surface area contributed by atoms with Gasteiger partial charge in [0.15, 0.2) is 6.21 Å². The molecule has 0 radical (unpaired) electrons. The third-order valence-electron chi connectivity index (χ3n) is 1.33. The van der Waals surface area contributed by atoms with Crippen LogP contribution in [0, 0.1) is 0 Å². The number of rotatable bonds is 5. The molecule has 6 nitrogen and oxygen atoms in total. The van der Waals surface area contributed by atoms with Gasteiger partial charge < -0.3 is 9.29 Å². The topological polar surface area (TPSA) is 78.7 Å². The smallest absolute Gasteiger partial charge is 0.217 e. The summed E-state index contributed by atoms with van der Waals surface area (Å²) in [5, 5.41) is 0. The minimum Gasteiger partial charge on any atom is -0.726 e. The zero-order chi connectivity index (χ0) is 12.3. The summed E-state index contributed by atoms with van der Waals surface area (Å²) in [4.78, 5) is 0. The normalized spacial score (nSPS) is 11.9. The number of ether oxygens (including phenoxy) is 1. The van der Waals surface area contributed by atoms with Crippen molar-refractivity contribution in [1.82, 2.24) is 0 Å². The Labute approximate surface area is 91.5 Å². The number of hydrogen-bond donors (Lipinski definition) is 0. The van der Waals surface area contributed by atoms with Crippen molar-refractivity contribution in [2.24, 2.45) is 0 Å². The van der Waals surface area contributed by atoms with Gasteiger partial charge in [-0.2, -0.15) is 0 Å². The molecule has 0 aliphatic carbocycles. The molecule has 0 aromatic heterocycles. The van der Waals surface area contributed by atoms with Crippen LogP contribution in [0.5, 0.6) is 0 Å². The zero-order valence-electron chi connectivity index (χ0n) is 9.60. The van der Waals surface area contributed by atoms with Gasteiger partial charge in [0.1, 0.15) is 20.2 Å². The van der Waals surface area contributed by atoms with Gasteiger partial charge in [-0.15, -0.1) is 0 Å². The maximum absolute atomic E-state index is 9.22. The Balaban J connectivity index is 0. The summed E-state index contributed by atoms with van der Waals surface area (Å²) in [5.41, 5.74) is 0. The van der Waals surface area contributed by atoms with Crippen molar-refractivity contribution in [2.45, 2.75) is 13.3 Å². The van der Waals surface area contributed by atoms with Crippen LogP contribution in [0.25, 0.3) is 0 Å². The van der Waals surface area contributed by atoms with Crippen LogP contribution in [0.1, 0.15) is 13.3 Å². The van der Waals surface area contributed by atoms with E-state index in [2.05, 4.69) is 22.7 Å². The first kappa shape index (κ1) is 16.9. The second-order valence-electron chi connectivity index (χ2n) is 2.69. The lowest BCUT2D eigenvalue weighted by Crippen LogP contribution is -2.10. The Hall–Kier alpha value is -0.500. The molecule has 0 aromatic carbocycles. The van der Waals surface area contributed by atoms with E-state index in [1.165, 1.54) is 6.42 Å². The Morgan fingerprint density at radius 1 is 1.40 bits per heavy atom. The van der Waals surface area contributed by atoms with Gasteiger partial charge in [-0.05, 0) is 0 Å². The molecular formula is C8H19NO5S. The number of nitrogens with zero attached hydrogens (tertiary/aromatic N) is 1. The van der Waals surface area contributed by atoms with Gasteiger partial charge in [-0.3, -0.25) is 4.18 Å². The maximum Gasteiger partial charge on any atom is 0.217 e. The predicted octanol–water partition coefficient (Wildman–Crippen LogP) is -0.151. The molecule has 7 heteroatoms. The average Bonchev–Trinajstić information content (AvgIpc) is 2.15. The fourth-order valence-electron chi connectivity index (χ4n) is 0.646. The minimum atomic E-state index is -4.41. The highest BCUT2D eigenvalue weighted by molar-refractivity contribution is 7.80. The lowest BCUT2D eigenvalue weighted by atomic mass is 10.5. The largest absolute Gasteiger partial charge is 0.726 e. The van der Waals surface area contributed by atoms with Gasteiger partial charge in [0.05, 0.1) is 7.11 Å². The molecular weight excluding hydrogens is 222 g/mol. The van der Waals surface area contributed by atoms with Crippen LogP contribution in [0.4, 0.5) is 0 Å². The molecule has 15 heavy (non-hydrogen) atoms. The van der Waals surface area contributed by atoms with Gasteiger partial charge in [0.25, 0.3) is 0 Å². The van der Waals surface area contributed by atoms with Crippen molar-refractivity contribution in [2.75, 3.05) is 34.4 Å². The quantitative estimate of drug-likeness (QED) is 0.289. The monoisotopic (exact) mass is 241 g/mol. The van der Waals surface area contributed by atoms with E-state index in [4.69, 9.17) is 4.74 Å². The number of hydrogen-bond acceptors (Lipinski definition) is 5. The zero-order valence-corrected chi connectivity index (χ0v) is 10.4. The van der Waals surface area contributed by atoms with E-state index in [1.807, 2.05) is 6.21 Å². The van der Waals surface area contributed by atoms with Crippen LogP contribution in [-0.2, 0) is 19.3 Å². The van der Waals surface area contributed by atoms with E-state index in [9.17, 15) is 13.0 Å².